The Hall–Kier alpha value is -0.0800. The number of hydrogen-bond donors (Lipinski definition) is 2. The van der Waals surface area contributed by atoms with Crippen LogP contribution in [0.2, 0.25) is 0 Å². The standard InChI is InChI=1S/C8H13NO/c10-4-6-7-5(3-9-6)8(7)1-2-8/h5-7,9-10H,1-4H2/t5-,6-,7-/m1/s1. The molecular weight excluding hydrogens is 126 g/mol. The second-order valence-corrected chi connectivity index (χ2v) is 4.06. The highest BCUT2D eigenvalue weighted by atomic mass is 16.3. The summed E-state index contributed by atoms with van der Waals surface area (Å²) in [4.78, 5) is 0. The third kappa shape index (κ3) is 0.424. The number of aliphatic hydroxyl groups is 1. The van der Waals surface area contributed by atoms with Gasteiger partial charge in [-0.1, -0.05) is 0 Å². The van der Waals surface area contributed by atoms with Gasteiger partial charge in [-0.25, -0.2) is 0 Å². The lowest BCUT2D eigenvalue weighted by atomic mass is 10.1. The first-order chi connectivity index (χ1) is 4.88. The van der Waals surface area contributed by atoms with Gasteiger partial charge in [0.1, 0.15) is 0 Å². The van der Waals surface area contributed by atoms with Crippen molar-refractivity contribution in [2.24, 2.45) is 17.3 Å². The van der Waals surface area contributed by atoms with Gasteiger partial charge in [-0.15, -0.1) is 0 Å². The number of fused-ring (bicyclic) bond motifs is 3. The number of rotatable bonds is 1. The molecule has 0 aromatic carbocycles. The third-order valence-corrected chi connectivity index (χ3v) is 3.78. The molecule has 3 atom stereocenters. The van der Waals surface area contributed by atoms with Gasteiger partial charge in [0.15, 0.2) is 0 Å². The molecular formula is C8H13NO. The third-order valence-electron chi connectivity index (χ3n) is 3.78. The molecule has 3 aliphatic rings. The fraction of sp³-hybridized carbons (Fsp3) is 1.00. The smallest absolute Gasteiger partial charge is 0.0587 e. The largest absolute Gasteiger partial charge is 0.395 e. The Morgan fingerprint density at radius 2 is 2.30 bits per heavy atom. The Morgan fingerprint density at radius 1 is 1.50 bits per heavy atom. The van der Waals surface area contributed by atoms with Crippen molar-refractivity contribution in [1.29, 1.82) is 0 Å². The van der Waals surface area contributed by atoms with Crippen LogP contribution in [0.3, 0.4) is 0 Å². The quantitative estimate of drug-likeness (QED) is 0.535. The fourth-order valence-corrected chi connectivity index (χ4v) is 3.06. The molecule has 56 valence electrons. The van der Waals surface area contributed by atoms with Crippen molar-refractivity contribution in [3.8, 4) is 0 Å². The van der Waals surface area contributed by atoms with Gasteiger partial charge < -0.3 is 10.4 Å². The summed E-state index contributed by atoms with van der Waals surface area (Å²) in [5.41, 5.74) is 0.763. The van der Waals surface area contributed by atoms with Gasteiger partial charge in [-0.2, -0.15) is 0 Å². The van der Waals surface area contributed by atoms with E-state index in [1.54, 1.807) is 0 Å². The van der Waals surface area contributed by atoms with Gasteiger partial charge in [0.25, 0.3) is 0 Å². The zero-order valence-electron chi connectivity index (χ0n) is 6.01. The first-order valence-corrected chi connectivity index (χ1v) is 4.23. The maximum Gasteiger partial charge on any atom is 0.0587 e. The van der Waals surface area contributed by atoms with Crippen molar-refractivity contribution in [2.75, 3.05) is 13.2 Å². The lowest BCUT2D eigenvalue weighted by molar-refractivity contribution is 0.234. The molecule has 2 aliphatic carbocycles. The lowest BCUT2D eigenvalue weighted by Gasteiger charge is -2.10. The Labute approximate surface area is 60.6 Å². The van der Waals surface area contributed by atoms with Crippen LogP contribution in [0.4, 0.5) is 0 Å². The minimum absolute atomic E-state index is 0.350. The van der Waals surface area contributed by atoms with Gasteiger partial charge in [-0.3, -0.25) is 0 Å². The first kappa shape index (κ1) is 5.56. The van der Waals surface area contributed by atoms with E-state index in [0.29, 0.717) is 12.6 Å². The summed E-state index contributed by atoms with van der Waals surface area (Å²) in [6.45, 7) is 1.53. The summed E-state index contributed by atoms with van der Waals surface area (Å²) in [6, 6.07) is 0.451. The molecule has 2 heteroatoms. The second kappa shape index (κ2) is 1.41. The van der Waals surface area contributed by atoms with Crippen LogP contribution in [0, 0.1) is 17.3 Å². The molecule has 1 spiro atoms. The fourth-order valence-electron chi connectivity index (χ4n) is 3.06. The minimum Gasteiger partial charge on any atom is -0.395 e. The molecule has 2 saturated carbocycles. The highest BCUT2D eigenvalue weighted by Crippen LogP contribution is 2.77. The van der Waals surface area contributed by atoms with Crippen LogP contribution in [-0.4, -0.2) is 24.3 Å². The van der Waals surface area contributed by atoms with Crippen LogP contribution in [0.1, 0.15) is 12.8 Å². The summed E-state index contributed by atoms with van der Waals surface area (Å²) >= 11 is 0. The lowest BCUT2D eigenvalue weighted by Crippen LogP contribution is -2.31. The van der Waals surface area contributed by atoms with Crippen LogP contribution in [0.25, 0.3) is 0 Å². The average Bonchev–Trinajstić information content (AvgIpc) is 2.81. The topological polar surface area (TPSA) is 32.3 Å². The van der Waals surface area contributed by atoms with Crippen molar-refractivity contribution >= 4 is 0 Å². The van der Waals surface area contributed by atoms with Crippen molar-refractivity contribution < 1.29 is 5.11 Å². The molecule has 10 heavy (non-hydrogen) atoms. The van der Waals surface area contributed by atoms with Crippen molar-refractivity contribution in [3.05, 3.63) is 0 Å². The summed E-state index contributed by atoms with van der Waals surface area (Å²) in [7, 11) is 0. The molecule has 0 bridgehead atoms. The average molecular weight is 139 g/mol. The summed E-state index contributed by atoms with van der Waals surface area (Å²) in [6.07, 6.45) is 2.89. The Balaban J connectivity index is 1.82. The van der Waals surface area contributed by atoms with Crippen LogP contribution >= 0.6 is 0 Å². The Bertz CT molecular complexity index is 176. The maximum absolute atomic E-state index is 8.96. The van der Waals surface area contributed by atoms with Crippen molar-refractivity contribution in [1.82, 2.24) is 5.32 Å². The van der Waals surface area contributed by atoms with E-state index < -0.39 is 0 Å². The van der Waals surface area contributed by atoms with E-state index in [2.05, 4.69) is 5.32 Å². The van der Waals surface area contributed by atoms with E-state index in [1.165, 1.54) is 19.4 Å². The zero-order valence-corrected chi connectivity index (χ0v) is 6.01. The van der Waals surface area contributed by atoms with E-state index in [9.17, 15) is 0 Å². The molecule has 0 aromatic rings. The van der Waals surface area contributed by atoms with Crippen LogP contribution in [0.5, 0.6) is 0 Å². The minimum atomic E-state index is 0.350. The molecule has 3 fully saturated rings. The molecule has 1 heterocycles. The molecule has 0 radical (unpaired) electrons. The monoisotopic (exact) mass is 139 g/mol. The van der Waals surface area contributed by atoms with E-state index in [0.717, 1.165) is 17.3 Å². The molecule has 3 rings (SSSR count). The van der Waals surface area contributed by atoms with Crippen LogP contribution in [-0.2, 0) is 0 Å². The molecule has 1 saturated heterocycles. The van der Waals surface area contributed by atoms with Crippen LogP contribution in [0.15, 0.2) is 0 Å². The highest BCUT2D eigenvalue weighted by molar-refractivity contribution is 5.25. The predicted molar refractivity (Wildman–Crippen MR) is 37.5 cm³/mol. The molecule has 0 amide bonds. The number of hydrogen-bond acceptors (Lipinski definition) is 2. The van der Waals surface area contributed by atoms with Gasteiger partial charge in [-0.05, 0) is 36.6 Å². The number of piperidine rings is 1. The van der Waals surface area contributed by atoms with Gasteiger partial charge >= 0.3 is 0 Å². The van der Waals surface area contributed by atoms with Crippen molar-refractivity contribution in [3.63, 3.8) is 0 Å². The molecule has 0 unspecified atom stereocenters. The van der Waals surface area contributed by atoms with Crippen LogP contribution < -0.4 is 5.32 Å². The molecule has 0 aromatic heterocycles. The van der Waals surface area contributed by atoms with E-state index in [4.69, 9.17) is 5.11 Å². The number of aliphatic hydroxyl groups excluding tert-OH is 1. The SMILES string of the molecule is OC[C@H]1NC[C@@H]2[C@H]1C21CC1. The normalized spacial score (nSPS) is 53.1. The molecule has 2 N–H and O–H groups in total. The predicted octanol–water partition coefficient (Wildman–Crippen LogP) is -0.0233. The summed E-state index contributed by atoms with van der Waals surface area (Å²) in [5, 5.41) is 12.3. The zero-order chi connectivity index (χ0) is 6.77. The maximum atomic E-state index is 8.96. The van der Waals surface area contributed by atoms with Gasteiger partial charge in [0, 0.05) is 6.04 Å². The van der Waals surface area contributed by atoms with E-state index in [-0.39, 0.29) is 0 Å². The van der Waals surface area contributed by atoms with Gasteiger partial charge in [0.05, 0.1) is 6.61 Å². The van der Waals surface area contributed by atoms with Gasteiger partial charge in [0.2, 0.25) is 0 Å². The molecule has 1 aliphatic heterocycles. The first-order valence-electron chi connectivity index (χ1n) is 4.23. The Morgan fingerprint density at radius 3 is 2.80 bits per heavy atom. The van der Waals surface area contributed by atoms with E-state index in [1.807, 2.05) is 0 Å². The summed E-state index contributed by atoms with van der Waals surface area (Å²) < 4.78 is 0. The highest BCUT2D eigenvalue weighted by Gasteiger charge is 2.75. The second-order valence-electron chi connectivity index (χ2n) is 4.06. The van der Waals surface area contributed by atoms with E-state index >= 15 is 0 Å². The van der Waals surface area contributed by atoms with Crippen molar-refractivity contribution in [2.45, 2.75) is 18.9 Å². The Kier molecular flexibility index (Phi) is 0.783. The molecule has 2 nitrogen and oxygen atoms in total. The summed E-state index contributed by atoms with van der Waals surface area (Å²) in [5.74, 6) is 1.81. The number of nitrogens with one attached hydrogen (secondary N) is 1.